The topological polar surface area (TPSA) is 32.3 Å². The molecular formula is C13H19NO. The van der Waals surface area contributed by atoms with Crippen molar-refractivity contribution in [2.75, 3.05) is 0 Å². The SMILES string of the molecule is CCC(C)NC1CCc2cc(O)ccc21. The van der Waals surface area contributed by atoms with Gasteiger partial charge in [-0.15, -0.1) is 0 Å². The highest BCUT2D eigenvalue weighted by molar-refractivity contribution is 5.40. The van der Waals surface area contributed by atoms with Gasteiger partial charge in [-0.25, -0.2) is 0 Å². The number of phenolic OH excluding ortho intramolecular Hbond substituents is 1. The van der Waals surface area contributed by atoms with E-state index in [1.807, 2.05) is 6.07 Å². The van der Waals surface area contributed by atoms with Crippen molar-refractivity contribution in [3.63, 3.8) is 0 Å². The summed E-state index contributed by atoms with van der Waals surface area (Å²) >= 11 is 0. The molecule has 0 bridgehead atoms. The van der Waals surface area contributed by atoms with Crippen LogP contribution >= 0.6 is 0 Å². The standard InChI is InChI=1S/C13H19NO/c1-3-9(2)14-13-7-4-10-8-11(15)5-6-12(10)13/h5-6,8-9,13-15H,3-4,7H2,1-2H3. The Kier molecular flexibility index (Phi) is 2.96. The molecule has 2 N–H and O–H groups in total. The van der Waals surface area contributed by atoms with Crippen LogP contribution in [0, 0.1) is 0 Å². The third-order valence-electron chi connectivity index (χ3n) is 3.30. The van der Waals surface area contributed by atoms with Crippen LogP contribution in [-0.4, -0.2) is 11.1 Å². The normalized spacial score (nSPS) is 21.3. The fraction of sp³-hybridized carbons (Fsp3) is 0.538. The van der Waals surface area contributed by atoms with Gasteiger partial charge in [0.1, 0.15) is 5.75 Å². The molecule has 0 spiro atoms. The van der Waals surface area contributed by atoms with E-state index in [1.54, 1.807) is 6.07 Å². The van der Waals surface area contributed by atoms with E-state index >= 15 is 0 Å². The van der Waals surface area contributed by atoms with Crippen molar-refractivity contribution in [1.29, 1.82) is 0 Å². The Morgan fingerprint density at radius 3 is 3.07 bits per heavy atom. The second-order valence-corrected chi connectivity index (χ2v) is 4.45. The Labute approximate surface area is 91.3 Å². The monoisotopic (exact) mass is 205 g/mol. The van der Waals surface area contributed by atoms with Crippen molar-refractivity contribution in [1.82, 2.24) is 5.32 Å². The van der Waals surface area contributed by atoms with Crippen LogP contribution in [0.15, 0.2) is 18.2 Å². The Morgan fingerprint density at radius 1 is 1.53 bits per heavy atom. The van der Waals surface area contributed by atoms with E-state index < -0.39 is 0 Å². The Bertz CT molecular complexity index is 348. The minimum absolute atomic E-state index is 0.387. The van der Waals surface area contributed by atoms with E-state index in [9.17, 15) is 5.11 Å². The molecular weight excluding hydrogens is 186 g/mol. The molecule has 15 heavy (non-hydrogen) atoms. The molecule has 0 amide bonds. The summed E-state index contributed by atoms with van der Waals surface area (Å²) in [4.78, 5) is 0. The van der Waals surface area contributed by atoms with Crippen molar-refractivity contribution < 1.29 is 5.11 Å². The summed E-state index contributed by atoms with van der Waals surface area (Å²) in [6, 6.07) is 6.78. The third-order valence-corrected chi connectivity index (χ3v) is 3.30. The summed E-state index contributed by atoms with van der Waals surface area (Å²) in [5.74, 6) is 0.387. The van der Waals surface area contributed by atoms with Crippen LogP contribution in [-0.2, 0) is 6.42 Å². The van der Waals surface area contributed by atoms with Gasteiger partial charge < -0.3 is 10.4 Å². The van der Waals surface area contributed by atoms with Crippen molar-refractivity contribution in [3.05, 3.63) is 29.3 Å². The minimum Gasteiger partial charge on any atom is -0.508 e. The van der Waals surface area contributed by atoms with Gasteiger partial charge in [0, 0.05) is 12.1 Å². The summed E-state index contributed by atoms with van der Waals surface area (Å²) < 4.78 is 0. The molecule has 2 atom stereocenters. The molecule has 0 fully saturated rings. The predicted octanol–water partition coefficient (Wildman–Crippen LogP) is 2.77. The van der Waals surface area contributed by atoms with E-state index in [2.05, 4.69) is 25.2 Å². The molecule has 2 rings (SSSR count). The van der Waals surface area contributed by atoms with Gasteiger partial charge in [0.05, 0.1) is 0 Å². The number of hydrogen-bond acceptors (Lipinski definition) is 2. The summed E-state index contributed by atoms with van der Waals surface area (Å²) in [6.07, 6.45) is 3.39. The van der Waals surface area contributed by atoms with Gasteiger partial charge in [0.2, 0.25) is 0 Å². The third kappa shape index (κ3) is 2.15. The molecule has 82 valence electrons. The zero-order chi connectivity index (χ0) is 10.8. The number of aryl methyl sites for hydroxylation is 1. The van der Waals surface area contributed by atoms with Gasteiger partial charge in [-0.1, -0.05) is 13.0 Å². The molecule has 2 nitrogen and oxygen atoms in total. The van der Waals surface area contributed by atoms with Gasteiger partial charge in [0.15, 0.2) is 0 Å². The van der Waals surface area contributed by atoms with Gasteiger partial charge in [-0.3, -0.25) is 0 Å². The van der Waals surface area contributed by atoms with Gasteiger partial charge in [-0.05, 0) is 49.4 Å². The smallest absolute Gasteiger partial charge is 0.115 e. The Hall–Kier alpha value is -1.02. The molecule has 0 saturated heterocycles. The lowest BCUT2D eigenvalue weighted by molar-refractivity contribution is 0.444. The second kappa shape index (κ2) is 4.23. The van der Waals surface area contributed by atoms with E-state index in [0.29, 0.717) is 17.8 Å². The van der Waals surface area contributed by atoms with Crippen molar-refractivity contribution in [2.45, 2.75) is 45.2 Å². The first-order chi connectivity index (χ1) is 7.20. The largest absolute Gasteiger partial charge is 0.508 e. The Balaban J connectivity index is 2.14. The lowest BCUT2D eigenvalue weighted by atomic mass is 10.1. The highest BCUT2D eigenvalue weighted by Gasteiger charge is 2.23. The van der Waals surface area contributed by atoms with E-state index in [4.69, 9.17) is 0 Å². The first kappa shape index (κ1) is 10.5. The number of fused-ring (bicyclic) bond motifs is 1. The molecule has 1 aromatic rings. The average Bonchev–Trinajstić information content (AvgIpc) is 2.60. The van der Waals surface area contributed by atoms with Gasteiger partial charge in [-0.2, -0.15) is 0 Å². The average molecular weight is 205 g/mol. The lowest BCUT2D eigenvalue weighted by Crippen LogP contribution is -2.28. The number of hydrogen-bond donors (Lipinski definition) is 2. The maximum atomic E-state index is 9.39. The highest BCUT2D eigenvalue weighted by atomic mass is 16.3. The van der Waals surface area contributed by atoms with Crippen LogP contribution in [0.25, 0.3) is 0 Å². The molecule has 1 aliphatic carbocycles. The molecule has 2 unspecified atom stereocenters. The van der Waals surface area contributed by atoms with Crippen molar-refractivity contribution in [3.8, 4) is 5.75 Å². The molecule has 0 aromatic heterocycles. The zero-order valence-electron chi connectivity index (χ0n) is 9.46. The van der Waals surface area contributed by atoms with E-state index in [-0.39, 0.29) is 0 Å². The summed E-state index contributed by atoms with van der Waals surface area (Å²) in [6.45, 7) is 4.42. The molecule has 0 radical (unpaired) electrons. The van der Waals surface area contributed by atoms with E-state index in [0.717, 1.165) is 19.3 Å². The van der Waals surface area contributed by atoms with Crippen LogP contribution in [0.1, 0.15) is 43.9 Å². The quantitative estimate of drug-likeness (QED) is 0.795. The fourth-order valence-corrected chi connectivity index (χ4v) is 2.24. The van der Waals surface area contributed by atoms with E-state index in [1.165, 1.54) is 11.1 Å². The van der Waals surface area contributed by atoms with Gasteiger partial charge in [0.25, 0.3) is 0 Å². The van der Waals surface area contributed by atoms with Crippen LogP contribution in [0.5, 0.6) is 5.75 Å². The van der Waals surface area contributed by atoms with Crippen LogP contribution in [0.2, 0.25) is 0 Å². The number of aromatic hydroxyl groups is 1. The van der Waals surface area contributed by atoms with Crippen LogP contribution in [0.4, 0.5) is 0 Å². The Morgan fingerprint density at radius 2 is 2.33 bits per heavy atom. The summed E-state index contributed by atoms with van der Waals surface area (Å²) in [7, 11) is 0. The summed E-state index contributed by atoms with van der Waals surface area (Å²) in [5.41, 5.74) is 2.67. The first-order valence-corrected chi connectivity index (χ1v) is 5.78. The number of rotatable bonds is 3. The molecule has 2 heteroatoms. The van der Waals surface area contributed by atoms with Gasteiger partial charge >= 0.3 is 0 Å². The predicted molar refractivity (Wildman–Crippen MR) is 62.1 cm³/mol. The molecule has 1 aliphatic rings. The first-order valence-electron chi connectivity index (χ1n) is 5.78. The zero-order valence-corrected chi connectivity index (χ0v) is 9.46. The molecule has 0 saturated carbocycles. The van der Waals surface area contributed by atoms with Crippen LogP contribution < -0.4 is 5.32 Å². The second-order valence-electron chi connectivity index (χ2n) is 4.45. The maximum Gasteiger partial charge on any atom is 0.115 e. The molecule has 0 aliphatic heterocycles. The molecule has 1 aromatic carbocycles. The number of benzene rings is 1. The highest BCUT2D eigenvalue weighted by Crippen LogP contribution is 2.33. The number of nitrogens with one attached hydrogen (secondary N) is 1. The summed E-state index contributed by atoms with van der Waals surface area (Å²) in [5, 5.41) is 13.0. The fourth-order valence-electron chi connectivity index (χ4n) is 2.24. The molecule has 0 heterocycles. The number of phenols is 1. The maximum absolute atomic E-state index is 9.39. The van der Waals surface area contributed by atoms with Crippen molar-refractivity contribution >= 4 is 0 Å². The lowest BCUT2D eigenvalue weighted by Gasteiger charge is -2.19. The van der Waals surface area contributed by atoms with Crippen LogP contribution in [0.3, 0.4) is 0 Å². The van der Waals surface area contributed by atoms with Crippen molar-refractivity contribution in [2.24, 2.45) is 0 Å². The minimum atomic E-state index is 0.387.